The van der Waals surface area contributed by atoms with Crippen molar-refractivity contribution < 1.29 is 9.53 Å². The number of hydrogen-bond donors (Lipinski definition) is 0. The first-order chi connectivity index (χ1) is 17.0. The van der Waals surface area contributed by atoms with Crippen LogP contribution in [-0.2, 0) is 13.1 Å². The molecule has 0 unspecified atom stereocenters. The molecule has 1 saturated heterocycles. The summed E-state index contributed by atoms with van der Waals surface area (Å²) in [5, 5.41) is 0. The van der Waals surface area contributed by atoms with Crippen molar-refractivity contribution in [2.24, 2.45) is 0 Å². The average Bonchev–Trinajstić information content (AvgIpc) is 3.07. The number of likely N-dealkylation sites (N-methyl/N-ethyl adjacent to an activating group) is 1. The first kappa shape index (κ1) is 23.5. The largest absolute Gasteiger partial charge is 0.491 e. The Morgan fingerprint density at radius 1 is 1.03 bits per heavy atom. The number of fused-ring (bicyclic) bond motifs is 1. The lowest BCUT2D eigenvalue weighted by molar-refractivity contribution is 0.0726. The molecule has 3 aromatic rings. The normalized spacial score (nSPS) is 19.1. The van der Waals surface area contributed by atoms with Crippen LogP contribution in [0.1, 0.15) is 44.7 Å². The van der Waals surface area contributed by atoms with E-state index in [4.69, 9.17) is 4.74 Å². The minimum Gasteiger partial charge on any atom is -0.491 e. The fourth-order valence-corrected chi connectivity index (χ4v) is 5.08. The summed E-state index contributed by atoms with van der Waals surface area (Å²) >= 11 is 0. The molecule has 7 nitrogen and oxygen atoms in total. The summed E-state index contributed by atoms with van der Waals surface area (Å²) in [6.45, 7) is 9.15. The monoisotopic (exact) mass is 471 g/mol. The van der Waals surface area contributed by atoms with Gasteiger partial charge in [-0.2, -0.15) is 0 Å². The van der Waals surface area contributed by atoms with Crippen LogP contribution < -0.4 is 4.74 Å². The molecule has 0 saturated carbocycles. The van der Waals surface area contributed by atoms with Crippen molar-refractivity contribution in [3.63, 3.8) is 0 Å². The maximum absolute atomic E-state index is 13.3. The number of ether oxygens (including phenoxy) is 1. The molecule has 1 amide bonds. The quantitative estimate of drug-likeness (QED) is 0.579. The molecule has 2 aromatic carbocycles. The van der Waals surface area contributed by atoms with E-state index in [0.29, 0.717) is 37.3 Å². The summed E-state index contributed by atoms with van der Waals surface area (Å²) in [6.07, 6.45) is 0. The number of aryl methyl sites for hydroxylation is 2. The third-order valence-corrected chi connectivity index (χ3v) is 6.84. The van der Waals surface area contributed by atoms with Crippen LogP contribution in [0.25, 0.3) is 0 Å². The minimum atomic E-state index is -0.0799. The highest BCUT2D eigenvalue weighted by Gasteiger charge is 2.27. The Morgan fingerprint density at radius 3 is 2.66 bits per heavy atom. The first-order valence-corrected chi connectivity index (χ1v) is 12.3. The minimum absolute atomic E-state index is 0.0799. The van der Waals surface area contributed by atoms with Gasteiger partial charge in [-0.15, -0.1) is 0 Å². The van der Waals surface area contributed by atoms with Crippen molar-refractivity contribution in [2.45, 2.75) is 33.0 Å². The lowest BCUT2D eigenvalue weighted by Gasteiger charge is -2.40. The third-order valence-electron chi connectivity index (χ3n) is 6.84. The first-order valence-electron chi connectivity index (χ1n) is 12.3. The molecule has 7 heteroatoms. The summed E-state index contributed by atoms with van der Waals surface area (Å²) < 4.78 is 6.01. The van der Waals surface area contributed by atoms with Gasteiger partial charge in [0, 0.05) is 50.0 Å². The molecule has 0 radical (unpaired) electrons. The van der Waals surface area contributed by atoms with Crippen LogP contribution in [0.15, 0.2) is 54.6 Å². The SMILES string of the molecule is Cc1cc(C(=O)N2CCOc3ccc(CN4CCN(C)C[C@@H]4c4ccccc4)cc3C2)nc(C)n1. The average molecular weight is 472 g/mol. The second kappa shape index (κ2) is 10.1. The van der Waals surface area contributed by atoms with Crippen LogP contribution in [-0.4, -0.2) is 70.4 Å². The van der Waals surface area contributed by atoms with Crippen LogP contribution in [0, 0.1) is 13.8 Å². The number of nitrogens with zero attached hydrogens (tertiary/aromatic N) is 5. The zero-order valence-corrected chi connectivity index (χ0v) is 20.8. The lowest BCUT2D eigenvalue weighted by Crippen LogP contribution is -2.46. The van der Waals surface area contributed by atoms with Crippen molar-refractivity contribution >= 4 is 5.91 Å². The number of rotatable bonds is 4. The Bertz CT molecular complexity index is 1180. The number of piperazine rings is 1. The van der Waals surface area contributed by atoms with E-state index < -0.39 is 0 Å². The molecular weight excluding hydrogens is 438 g/mol. The van der Waals surface area contributed by atoms with E-state index in [1.165, 1.54) is 11.1 Å². The number of carbonyl (C=O) groups excluding carboxylic acids is 1. The van der Waals surface area contributed by atoms with E-state index in [1.807, 2.05) is 18.7 Å². The van der Waals surface area contributed by atoms with E-state index in [9.17, 15) is 4.79 Å². The van der Waals surface area contributed by atoms with Crippen LogP contribution in [0.4, 0.5) is 0 Å². The second-order valence-electron chi connectivity index (χ2n) is 9.62. The standard InChI is InChI=1S/C28H33N5O2/c1-20-15-25(30-21(2)29-20)28(34)33-13-14-35-27-10-9-22(16-24(27)18-33)17-32-12-11-31(3)19-26(32)23-7-5-4-6-8-23/h4-10,15-16,26H,11-14,17-19H2,1-3H3/t26-/m1/s1. The van der Waals surface area contributed by atoms with Gasteiger partial charge in [-0.25, -0.2) is 9.97 Å². The summed E-state index contributed by atoms with van der Waals surface area (Å²) in [6, 6.07) is 19.3. The molecule has 1 atom stereocenters. The van der Waals surface area contributed by atoms with Gasteiger partial charge in [0.1, 0.15) is 23.9 Å². The molecule has 0 bridgehead atoms. The van der Waals surface area contributed by atoms with Gasteiger partial charge < -0.3 is 14.5 Å². The van der Waals surface area contributed by atoms with Crippen molar-refractivity contribution in [1.29, 1.82) is 0 Å². The number of benzene rings is 2. The fraction of sp³-hybridized carbons (Fsp3) is 0.393. The van der Waals surface area contributed by atoms with E-state index in [-0.39, 0.29) is 5.91 Å². The van der Waals surface area contributed by atoms with E-state index >= 15 is 0 Å². The van der Waals surface area contributed by atoms with E-state index in [2.05, 4.69) is 75.3 Å². The van der Waals surface area contributed by atoms with Crippen molar-refractivity contribution in [3.8, 4) is 5.75 Å². The maximum Gasteiger partial charge on any atom is 0.273 e. The van der Waals surface area contributed by atoms with Crippen LogP contribution in [0.3, 0.4) is 0 Å². The van der Waals surface area contributed by atoms with E-state index in [0.717, 1.165) is 43.2 Å². The summed E-state index contributed by atoms with van der Waals surface area (Å²) in [5.74, 6) is 1.39. The van der Waals surface area contributed by atoms with Gasteiger partial charge in [0.05, 0.1) is 6.54 Å². The number of carbonyl (C=O) groups is 1. The molecule has 3 heterocycles. The Kier molecular flexibility index (Phi) is 6.79. The molecule has 0 aliphatic carbocycles. The number of amides is 1. The van der Waals surface area contributed by atoms with E-state index in [1.54, 1.807) is 6.07 Å². The molecule has 182 valence electrons. The Morgan fingerprint density at radius 2 is 1.86 bits per heavy atom. The number of hydrogen-bond acceptors (Lipinski definition) is 6. The molecule has 1 fully saturated rings. The molecule has 35 heavy (non-hydrogen) atoms. The number of aromatic nitrogens is 2. The van der Waals surface area contributed by atoms with Gasteiger partial charge in [-0.3, -0.25) is 9.69 Å². The van der Waals surface area contributed by atoms with Crippen LogP contribution in [0.2, 0.25) is 0 Å². The molecule has 1 aromatic heterocycles. The molecule has 2 aliphatic heterocycles. The highest BCUT2D eigenvalue weighted by Crippen LogP contribution is 2.29. The lowest BCUT2D eigenvalue weighted by atomic mass is 10.0. The molecular formula is C28H33N5O2. The maximum atomic E-state index is 13.3. The predicted molar refractivity (Wildman–Crippen MR) is 135 cm³/mol. The molecule has 5 rings (SSSR count). The molecule has 0 spiro atoms. The third kappa shape index (κ3) is 5.36. The summed E-state index contributed by atoms with van der Waals surface area (Å²) in [4.78, 5) is 28.7. The molecule has 2 aliphatic rings. The zero-order chi connectivity index (χ0) is 24.4. The highest BCUT2D eigenvalue weighted by atomic mass is 16.5. The molecule has 0 N–H and O–H groups in total. The van der Waals surface area contributed by atoms with Gasteiger partial charge in [-0.05, 0) is 50.2 Å². The van der Waals surface area contributed by atoms with Crippen molar-refractivity contribution in [3.05, 3.63) is 88.5 Å². The Hall–Kier alpha value is -3.29. The predicted octanol–water partition coefficient (Wildman–Crippen LogP) is 3.62. The second-order valence-corrected chi connectivity index (χ2v) is 9.62. The van der Waals surface area contributed by atoms with Gasteiger partial charge in [0.25, 0.3) is 5.91 Å². The van der Waals surface area contributed by atoms with Gasteiger partial charge in [-0.1, -0.05) is 36.4 Å². The van der Waals surface area contributed by atoms with Crippen molar-refractivity contribution in [1.82, 2.24) is 24.7 Å². The fourth-order valence-electron chi connectivity index (χ4n) is 5.08. The van der Waals surface area contributed by atoms with Gasteiger partial charge in [0.2, 0.25) is 0 Å². The smallest absolute Gasteiger partial charge is 0.273 e. The van der Waals surface area contributed by atoms with Gasteiger partial charge in [0.15, 0.2) is 0 Å². The Labute approximate surface area is 207 Å². The van der Waals surface area contributed by atoms with Crippen molar-refractivity contribution in [2.75, 3.05) is 39.8 Å². The highest BCUT2D eigenvalue weighted by molar-refractivity contribution is 5.92. The topological polar surface area (TPSA) is 61.8 Å². The van der Waals surface area contributed by atoms with Crippen LogP contribution >= 0.6 is 0 Å². The van der Waals surface area contributed by atoms with Crippen LogP contribution in [0.5, 0.6) is 5.75 Å². The summed E-state index contributed by atoms with van der Waals surface area (Å²) in [7, 11) is 2.19. The Balaban J connectivity index is 1.36. The van der Waals surface area contributed by atoms with Gasteiger partial charge >= 0.3 is 0 Å². The summed E-state index contributed by atoms with van der Waals surface area (Å²) in [5.41, 5.74) is 4.87. The zero-order valence-electron chi connectivity index (χ0n) is 20.8.